The number of fused-ring (bicyclic) bond motifs is 6. The molecule has 0 radical (unpaired) electrons. The van der Waals surface area contributed by atoms with Crippen LogP contribution in [0.15, 0.2) is 110 Å². The molecule has 0 amide bonds. The molecular weight excluding hydrogens is 1230 g/mol. The summed E-state index contributed by atoms with van der Waals surface area (Å²) in [4.78, 5) is 38.6. The maximum absolute atomic E-state index is 12.6. The molecule has 0 spiro atoms. The highest BCUT2D eigenvalue weighted by Crippen LogP contribution is 2.48. The molecule has 3 aromatic carbocycles. The molecular formula is C64H67Cl3N6O11S3. The number of carbonyl (C=O) groups excluding carboxylic acids is 1. The third-order valence-corrected chi connectivity index (χ3v) is 22.1. The van der Waals surface area contributed by atoms with E-state index in [1.807, 2.05) is 78.9 Å². The van der Waals surface area contributed by atoms with Gasteiger partial charge in [-0.05, 0) is 168 Å². The molecule has 12 rings (SSSR count). The zero-order chi connectivity index (χ0) is 62.1. The quantitative estimate of drug-likeness (QED) is 0.128. The molecule has 0 saturated carbocycles. The second kappa shape index (κ2) is 26.5. The summed E-state index contributed by atoms with van der Waals surface area (Å²) in [5, 5.41) is 21.6. The zero-order valence-corrected chi connectivity index (χ0v) is 53.1. The molecule has 6 aromatic rings. The van der Waals surface area contributed by atoms with E-state index < -0.39 is 42.0 Å². The Morgan fingerprint density at radius 3 is 1.16 bits per heavy atom. The van der Waals surface area contributed by atoms with Crippen molar-refractivity contribution in [1.82, 2.24) is 27.9 Å². The fraction of sp³-hybridized carbons (Fsp3) is 0.359. The number of carboxylic acid groups (broad SMARTS) is 1. The van der Waals surface area contributed by atoms with Gasteiger partial charge in [0.15, 0.2) is 0 Å². The number of pyridine rings is 3. The van der Waals surface area contributed by atoms with Crippen molar-refractivity contribution in [2.75, 3.05) is 71.8 Å². The molecule has 87 heavy (non-hydrogen) atoms. The predicted octanol–water partition coefficient (Wildman–Crippen LogP) is 10.4. The average molecular weight is 1300 g/mol. The van der Waals surface area contributed by atoms with Gasteiger partial charge in [0.1, 0.15) is 0 Å². The van der Waals surface area contributed by atoms with Gasteiger partial charge in [-0.1, -0.05) is 71.2 Å². The predicted molar refractivity (Wildman–Crippen MR) is 340 cm³/mol. The van der Waals surface area contributed by atoms with Crippen molar-refractivity contribution in [1.29, 1.82) is 0 Å². The van der Waals surface area contributed by atoms with Crippen LogP contribution in [0.1, 0.15) is 123 Å². The Labute approximate surface area is 523 Å². The number of rotatable bonds is 9. The molecule has 3 aliphatic carbocycles. The lowest BCUT2D eigenvalue weighted by molar-refractivity contribution is -0.133. The maximum Gasteiger partial charge on any atom is 0.338 e. The van der Waals surface area contributed by atoms with Crippen LogP contribution in [-0.4, -0.2) is 147 Å². The summed E-state index contributed by atoms with van der Waals surface area (Å²) in [6.45, 7) is 2.81. The van der Waals surface area contributed by atoms with E-state index in [-0.39, 0.29) is 47.7 Å². The van der Waals surface area contributed by atoms with Crippen LogP contribution in [0.3, 0.4) is 0 Å². The number of ether oxygens (including phenoxy) is 1. The van der Waals surface area contributed by atoms with Crippen LogP contribution >= 0.6 is 34.8 Å². The van der Waals surface area contributed by atoms with E-state index in [9.17, 15) is 45.1 Å². The lowest BCUT2D eigenvalue weighted by Gasteiger charge is -2.35. The normalized spacial score (nSPS) is 20.4. The number of hydrogen-bond donors (Lipinski definition) is 2. The Kier molecular flexibility index (Phi) is 19.4. The number of aromatic nitrogens is 3. The second-order valence-electron chi connectivity index (χ2n) is 22.8. The highest BCUT2D eigenvalue weighted by molar-refractivity contribution is 7.88. The van der Waals surface area contributed by atoms with Crippen molar-refractivity contribution in [3.8, 4) is 0 Å². The van der Waals surface area contributed by atoms with Crippen LogP contribution in [0.4, 0.5) is 0 Å². The molecule has 0 bridgehead atoms. The third kappa shape index (κ3) is 14.0. The number of hydrogen-bond acceptors (Lipinski definition) is 13. The minimum Gasteiger partial charge on any atom is -0.478 e. The lowest BCUT2D eigenvalue weighted by Crippen LogP contribution is -2.39. The SMILES string of the molecule is COC(=O)C1=Cc2cc(Cl)ccc2C(C2CCN(S(C)(=O)=O)CC2)c2ncccc21.CS(=O)(=O)N1CCC(C2c3ccc(Cl)cc3C=C(C(=O)O)c3cccnc32)CC1.CS(=O)(=O)N1CCC(C2c3ccc(Cl)cc3C=C(CO)c3cccnc32)CC1. The standard InChI is InChI=1S/C22H23ClN2O4S.C21H21ClN2O4S.C21H23ClN2O3S/c1-29-22(26)19-13-15-12-16(23)5-6-17(15)20(21-18(19)4-3-9-24-21)14-7-10-25(11-8-14)30(2,27)28;1-29(27,28)24-9-6-13(7-10-24)19-16-5-4-15(22)11-14(16)12-18(21(25)26)17-3-2-8-23-20(17)19;1-28(26,27)24-9-6-14(7-10-24)20-18-5-4-17(22)12-15(18)11-16(13-25)19-3-2-8-23-21(19)20/h3-6,9,12-14,20H,7-8,10-11H2,1-2H3;2-5,8,11-13,19H,6-7,9-10H2,1H3,(H,25,26);2-5,8,11-12,14,20,25H,6-7,9-10,13H2,1H3. The number of aliphatic hydroxyl groups is 1. The summed E-state index contributed by atoms with van der Waals surface area (Å²) < 4.78 is 81.1. The number of benzene rings is 3. The van der Waals surface area contributed by atoms with Crippen molar-refractivity contribution in [3.05, 3.63) is 192 Å². The topological polar surface area (TPSA) is 235 Å². The molecule has 6 heterocycles. The first-order chi connectivity index (χ1) is 41.4. The van der Waals surface area contributed by atoms with Gasteiger partial charge in [0.05, 0.1) is 60.7 Å². The van der Waals surface area contributed by atoms with Gasteiger partial charge in [-0.15, -0.1) is 0 Å². The van der Waals surface area contributed by atoms with E-state index in [1.165, 1.54) is 34.5 Å². The first kappa shape index (κ1) is 63.8. The Bertz CT molecular complexity index is 4080. The number of esters is 1. The minimum atomic E-state index is -3.22. The number of sulfonamides is 3. The fourth-order valence-corrected chi connectivity index (χ4v) is 16.6. The highest BCUT2D eigenvalue weighted by atomic mass is 35.5. The van der Waals surface area contributed by atoms with Gasteiger partial charge in [0, 0.05) is 107 Å². The van der Waals surface area contributed by atoms with Crippen molar-refractivity contribution in [2.24, 2.45) is 17.8 Å². The maximum atomic E-state index is 12.6. The van der Waals surface area contributed by atoms with Crippen molar-refractivity contribution in [3.63, 3.8) is 0 Å². The van der Waals surface area contributed by atoms with Gasteiger partial charge in [0.2, 0.25) is 30.1 Å². The number of carboxylic acids is 1. The van der Waals surface area contributed by atoms with Crippen molar-refractivity contribution < 1.29 is 49.8 Å². The summed E-state index contributed by atoms with van der Waals surface area (Å²) in [6.07, 6.45) is 18.7. The molecule has 3 atom stereocenters. The van der Waals surface area contributed by atoms with Gasteiger partial charge >= 0.3 is 11.9 Å². The van der Waals surface area contributed by atoms with E-state index in [2.05, 4.69) is 9.97 Å². The first-order valence-electron chi connectivity index (χ1n) is 28.6. The monoisotopic (exact) mass is 1300 g/mol. The summed E-state index contributed by atoms with van der Waals surface area (Å²) in [6, 6.07) is 28.2. The molecule has 3 unspecified atom stereocenters. The van der Waals surface area contributed by atoms with Gasteiger partial charge in [-0.3, -0.25) is 15.0 Å². The van der Waals surface area contributed by atoms with E-state index in [1.54, 1.807) is 53.2 Å². The molecule has 3 aliphatic heterocycles. The third-order valence-electron chi connectivity index (χ3n) is 17.5. The van der Waals surface area contributed by atoms with Gasteiger partial charge in [-0.25, -0.2) is 47.8 Å². The number of carbonyl (C=O) groups is 2. The van der Waals surface area contributed by atoms with E-state index in [4.69, 9.17) is 44.5 Å². The smallest absolute Gasteiger partial charge is 0.338 e. The van der Waals surface area contributed by atoms with Crippen LogP contribution < -0.4 is 0 Å². The van der Waals surface area contributed by atoms with E-state index in [0.717, 1.165) is 80.0 Å². The van der Waals surface area contributed by atoms with Crippen LogP contribution in [0.5, 0.6) is 0 Å². The summed E-state index contributed by atoms with van der Waals surface area (Å²) in [5.74, 6) is -1.03. The molecule has 23 heteroatoms. The first-order valence-corrected chi connectivity index (χ1v) is 35.3. The second-order valence-corrected chi connectivity index (χ2v) is 30.1. The number of aliphatic hydroxyl groups excluding tert-OH is 1. The summed E-state index contributed by atoms with van der Waals surface area (Å²) in [7, 11) is -8.24. The molecule has 6 aliphatic rings. The van der Waals surface area contributed by atoms with E-state index in [0.29, 0.717) is 91.2 Å². The van der Waals surface area contributed by atoms with Crippen molar-refractivity contribution in [2.45, 2.75) is 56.3 Å². The van der Waals surface area contributed by atoms with Gasteiger partial charge in [0.25, 0.3) is 0 Å². The van der Waals surface area contributed by atoms with Crippen LogP contribution in [0.2, 0.25) is 15.1 Å². The zero-order valence-electron chi connectivity index (χ0n) is 48.4. The van der Waals surface area contributed by atoms with Crippen LogP contribution in [0, 0.1) is 17.8 Å². The van der Waals surface area contributed by atoms with Crippen LogP contribution in [0.25, 0.3) is 34.9 Å². The lowest BCUT2D eigenvalue weighted by atomic mass is 9.76. The Hall–Kier alpha value is -6.17. The summed E-state index contributed by atoms with van der Waals surface area (Å²) >= 11 is 18.7. The summed E-state index contributed by atoms with van der Waals surface area (Å²) in [5.41, 5.74) is 12.0. The van der Waals surface area contributed by atoms with E-state index >= 15 is 0 Å². The Balaban J connectivity index is 0.000000145. The van der Waals surface area contributed by atoms with Gasteiger partial charge < -0.3 is 14.9 Å². The molecule has 3 fully saturated rings. The average Bonchev–Trinajstić information content (AvgIpc) is 1.83. The molecule has 2 N–H and O–H groups in total. The molecule has 3 aromatic heterocycles. The number of aliphatic carboxylic acids is 1. The Morgan fingerprint density at radius 1 is 0.506 bits per heavy atom. The highest BCUT2D eigenvalue weighted by Gasteiger charge is 2.40. The molecule has 458 valence electrons. The van der Waals surface area contributed by atoms with Crippen molar-refractivity contribution >= 4 is 112 Å². The Morgan fingerprint density at radius 2 is 0.828 bits per heavy atom. The number of piperidine rings is 3. The molecule has 3 saturated heterocycles. The molecule has 17 nitrogen and oxygen atoms in total. The number of methoxy groups -OCH3 is 1. The fourth-order valence-electron chi connectivity index (χ4n) is 13.4. The largest absolute Gasteiger partial charge is 0.478 e. The number of nitrogens with zero attached hydrogens (tertiary/aromatic N) is 6. The minimum absolute atomic E-state index is 0.0328. The van der Waals surface area contributed by atoms with Gasteiger partial charge in [-0.2, -0.15) is 0 Å². The number of halogens is 3. The van der Waals surface area contributed by atoms with Crippen LogP contribution in [-0.2, 0) is 44.4 Å².